The van der Waals surface area contributed by atoms with Crippen LogP contribution in [0, 0.1) is 0 Å². The van der Waals surface area contributed by atoms with Gasteiger partial charge in [-0.1, -0.05) is 25.8 Å². The van der Waals surface area contributed by atoms with Crippen LogP contribution in [-0.4, -0.2) is 11.5 Å². The number of aryl methyl sites for hydroxylation is 1. The lowest BCUT2D eigenvalue weighted by atomic mass is 9.78. The number of rotatable bonds is 3. The lowest BCUT2D eigenvalue weighted by Crippen LogP contribution is -2.31. The van der Waals surface area contributed by atoms with Crippen molar-refractivity contribution in [2.45, 2.75) is 44.4 Å². The normalized spacial score (nSPS) is 18.6. The number of hydrogen-bond donors (Lipinski definition) is 2. The fraction of sp³-hybridized carbons (Fsp3) is 0.500. The van der Waals surface area contributed by atoms with E-state index in [-0.39, 0.29) is 5.41 Å². The lowest BCUT2D eigenvalue weighted by Gasteiger charge is -2.27. The molecule has 2 heteroatoms. The molecular formula is C16H22N2. The molecule has 1 fully saturated rings. The van der Waals surface area contributed by atoms with Gasteiger partial charge in [-0.15, -0.1) is 0 Å². The van der Waals surface area contributed by atoms with Gasteiger partial charge in [0.1, 0.15) is 0 Å². The van der Waals surface area contributed by atoms with E-state index in [9.17, 15) is 0 Å². The van der Waals surface area contributed by atoms with Gasteiger partial charge in [0.05, 0.1) is 0 Å². The first-order chi connectivity index (χ1) is 8.79. The highest BCUT2D eigenvalue weighted by Crippen LogP contribution is 2.43. The van der Waals surface area contributed by atoms with E-state index in [1.54, 1.807) is 0 Å². The summed E-state index contributed by atoms with van der Waals surface area (Å²) >= 11 is 0. The van der Waals surface area contributed by atoms with E-state index < -0.39 is 0 Å². The first-order valence-corrected chi connectivity index (χ1v) is 7.09. The number of benzene rings is 1. The van der Waals surface area contributed by atoms with Gasteiger partial charge in [0.25, 0.3) is 0 Å². The van der Waals surface area contributed by atoms with Crippen LogP contribution in [-0.2, 0) is 11.8 Å². The third kappa shape index (κ3) is 1.67. The van der Waals surface area contributed by atoms with Crippen molar-refractivity contribution in [3.63, 3.8) is 0 Å². The number of nitrogens with two attached hydrogens (primary N) is 1. The molecule has 3 N–H and O–H groups in total. The average molecular weight is 242 g/mol. The highest BCUT2D eigenvalue weighted by molar-refractivity contribution is 5.85. The van der Waals surface area contributed by atoms with Crippen molar-refractivity contribution in [2.75, 3.05) is 6.54 Å². The van der Waals surface area contributed by atoms with Gasteiger partial charge in [0, 0.05) is 29.1 Å². The zero-order chi connectivity index (χ0) is 12.6. The quantitative estimate of drug-likeness (QED) is 0.850. The van der Waals surface area contributed by atoms with Gasteiger partial charge >= 0.3 is 0 Å². The molecule has 18 heavy (non-hydrogen) atoms. The summed E-state index contributed by atoms with van der Waals surface area (Å²) in [7, 11) is 0. The molecule has 96 valence electrons. The van der Waals surface area contributed by atoms with E-state index in [4.69, 9.17) is 5.73 Å². The number of aromatic nitrogens is 1. The van der Waals surface area contributed by atoms with Crippen molar-refractivity contribution in [3.8, 4) is 0 Å². The maximum atomic E-state index is 6.11. The smallest absolute Gasteiger partial charge is 0.0457 e. The molecule has 0 amide bonds. The molecule has 1 aliphatic rings. The summed E-state index contributed by atoms with van der Waals surface area (Å²) in [6, 6.07) is 6.76. The molecule has 1 aromatic carbocycles. The fourth-order valence-electron chi connectivity index (χ4n) is 3.46. The second kappa shape index (κ2) is 4.43. The minimum Gasteiger partial charge on any atom is -0.361 e. The van der Waals surface area contributed by atoms with E-state index in [0.717, 1.165) is 13.0 Å². The minimum atomic E-state index is 0.227. The second-order valence-electron chi connectivity index (χ2n) is 5.63. The monoisotopic (exact) mass is 242 g/mol. The van der Waals surface area contributed by atoms with E-state index in [2.05, 4.69) is 36.3 Å². The molecular weight excluding hydrogens is 220 g/mol. The second-order valence-corrected chi connectivity index (χ2v) is 5.63. The highest BCUT2D eigenvalue weighted by atomic mass is 14.7. The van der Waals surface area contributed by atoms with Crippen LogP contribution in [0.1, 0.15) is 43.7 Å². The summed E-state index contributed by atoms with van der Waals surface area (Å²) < 4.78 is 0. The molecule has 0 aliphatic heterocycles. The molecule has 2 aromatic rings. The Balaban J connectivity index is 2.16. The summed E-state index contributed by atoms with van der Waals surface area (Å²) in [5.41, 5.74) is 10.4. The maximum Gasteiger partial charge on any atom is 0.0457 e. The topological polar surface area (TPSA) is 41.8 Å². The molecule has 3 rings (SSSR count). The fourth-order valence-corrected chi connectivity index (χ4v) is 3.46. The summed E-state index contributed by atoms with van der Waals surface area (Å²) in [6.07, 6.45) is 8.41. The van der Waals surface area contributed by atoms with E-state index in [1.165, 1.54) is 47.7 Å². The van der Waals surface area contributed by atoms with Crippen molar-refractivity contribution < 1.29 is 0 Å². The molecule has 0 radical (unpaired) electrons. The highest BCUT2D eigenvalue weighted by Gasteiger charge is 2.36. The molecule has 0 atom stereocenters. The molecule has 0 unspecified atom stereocenters. The van der Waals surface area contributed by atoms with Crippen LogP contribution < -0.4 is 5.73 Å². The Morgan fingerprint density at radius 2 is 2.06 bits per heavy atom. The molecule has 1 aliphatic carbocycles. The molecule has 1 saturated carbocycles. The zero-order valence-electron chi connectivity index (χ0n) is 11.1. The SMILES string of the molecule is CCc1ccc2[nH]cc(C3(CN)CCCC3)c2c1. The predicted molar refractivity (Wildman–Crippen MR) is 76.9 cm³/mol. The maximum absolute atomic E-state index is 6.11. The van der Waals surface area contributed by atoms with Crippen molar-refractivity contribution in [3.05, 3.63) is 35.5 Å². The average Bonchev–Trinajstić information content (AvgIpc) is 3.04. The standard InChI is InChI=1S/C16H22N2/c1-2-12-5-6-15-13(9-12)14(10-18-15)16(11-17)7-3-4-8-16/h5-6,9-10,18H,2-4,7-8,11,17H2,1H3. The van der Waals surface area contributed by atoms with Crippen LogP contribution in [0.15, 0.2) is 24.4 Å². The number of H-pyrrole nitrogens is 1. The Bertz CT molecular complexity index is 547. The van der Waals surface area contributed by atoms with E-state index in [1.807, 2.05) is 0 Å². The largest absolute Gasteiger partial charge is 0.361 e. The molecule has 1 aromatic heterocycles. The Morgan fingerprint density at radius 3 is 2.72 bits per heavy atom. The number of hydrogen-bond acceptors (Lipinski definition) is 1. The van der Waals surface area contributed by atoms with E-state index >= 15 is 0 Å². The third-order valence-corrected chi connectivity index (χ3v) is 4.68. The molecule has 0 saturated heterocycles. The van der Waals surface area contributed by atoms with Crippen LogP contribution in [0.4, 0.5) is 0 Å². The van der Waals surface area contributed by atoms with Crippen LogP contribution >= 0.6 is 0 Å². The van der Waals surface area contributed by atoms with Crippen molar-refractivity contribution in [1.29, 1.82) is 0 Å². The Hall–Kier alpha value is -1.28. The molecule has 1 heterocycles. The lowest BCUT2D eigenvalue weighted by molar-refractivity contribution is 0.457. The summed E-state index contributed by atoms with van der Waals surface area (Å²) in [4.78, 5) is 3.42. The zero-order valence-corrected chi connectivity index (χ0v) is 11.1. The van der Waals surface area contributed by atoms with Gasteiger partial charge in [-0.2, -0.15) is 0 Å². The van der Waals surface area contributed by atoms with Crippen LogP contribution in [0.5, 0.6) is 0 Å². The van der Waals surface area contributed by atoms with Crippen LogP contribution in [0.2, 0.25) is 0 Å². The number of fused-ring (bicyclic) bond motifs is 1. The molecule has 2 nitrogen and oxygen atoms in total. The van der Waals surface area contributed by atoms with Gasteiger partial charge in [-0.05, 0) is 42.5 Å². The summed E-state index contributed by atoms with van der Waals surface area (Å²) in [5, 5.41) is 1.39. The number of aromatic amines is 1. The van der Waals surface area contributed by atoms with E-state index in [0.29, 0.717) is 0 Å². The van der Waals surface area contributed by atoms with Crippen molar-refractivity contribution in [1.82, 2.24) is 4.98 Å². The number of nitrogens with one attached hydrogen (secondary N) is 1. The first kappa shape index (κ1) is 11.8. The summed E-state index contributed by atoms with van der Waals surface area (Å²) in [5.74, 6) is 0. The van der Waals surface area contributed by atoms with Crippen LogP contribution in [0.3, 0.4) is 0 Å². The molecule has 0 bridgehead atoms. The van der Waals surface area contributed by atoms with Crippen molar-refractivity contribution >= 4 is 10.9 Å². The van der Waals surface area contributed by atoms with Gasteiger partial charge in [-0.25, -0.2) is 0 Å². The van der Waals surface area contributed by atoms with Crippen molar-refractivity contribution in [2.24, 2.45) is 5.73 Å². The molecule has 0 spiro atoms. The van der Waals surface area contributed by atoms with Gasteiger partial charge < -0.3 is 10.7 Å². The predicted octanol–water partition coefficient (Wildman–Crippen LogP) is 3.50. The van der Waals surface area contributed by atoms with Gasteiger partial charge in [0.15, 0.2) is 0 Å². The Morgan fingerprint density at radius 1 is 1.28 bits per heavy atom. The summed E-state index contributed by atoms with van der Waals surface area (Å²) in [6.45, 7) is 2.98. The third-order valence-electron chi connectivity index (χ3n) is 4.68. The van der Waals surface area contributed by atoms with Crippen LogP contribution in [0.25, 0.3) is 10.9 Å². The Kier molecular flexibility index (Phi) is 2.90. The first-order valence-electron chi connectivity index (χ1n) is 7.09. The van der Waals surface area contributed by atoms with Gasteiger partial charge in [-0.3, -0.25) is 0 Å². The minimum absolute atomic E-state index is 0.227. The van der Waals surface area contributed by atoms with Gasteiger partial charge in [0.2, 0.25) is 0 Å². The Labute approximate surface area is 109 Å².